The fourth-order valence-corrected chi connectivity index (χ4v) is 6.78. The van der Waals surface area contributed by atoms with Gasteiger partial charge in [-0.25, -0.2) is 8.78 Å². The van der Waals surface area contributed by atoms with Crippen LogP contribution in [0.4, 0.5) is 20.5 Å². The summed E-state index contributed by atoms with van der Waals surface area (Å²) in [5.74, 6) is -1.43. The molecule has 3 aliphatic carbocycles. The van der Waals surface area contributed by atoms with Crippen molar-refractivity contribution in [2.45, 2.75) is 76.3 Å². The number of carbonyl (C=O) groups excluding carboxylic acids is 2. The molecule has 1 atom stereocenters. The lowest BCUT2D eigenvalue weighted by Crippen LogP contribution is -2.50. The largest absolute Gasteiger partial charge is 0.349 e. The second kappa shape index (κ2) is 9.00. The van der Waals surface area contributed by atoms with Gasteiger partial charge in [-0.2, -0.15) is 5.10 Å². The van der Waals surface area contributed by atoms with Crippen LogP contribution in [-0.2, 0) is 31.1 Å². The molecule has 6 rings (SSSR count). The van der Waals surface area contributed by atoms with E-state index < -0.39 is 12.0 Å². The molecular formula is C25H29F2N7O2S. The Morgan fingerprint density at radius 1 is 1.24 bits per heavy atom. The molecule has 3 aliphatic rings. The van der Waals surface area contributed by atoms with Crippen molar-refractivity contribution in [2.75, 3.05) is 5.32 Å². The molecule has 3 aromatic rings. The topological polar surface area (TPSA) is 107 Å². The van der Waals surface area contributed by atoms with E-state index in [2.05, 4.69) is 25.9 Å². The molecule has 3 heterocycles. The van der Waals surface area contributed by atoms with Crippen LogP contribution in [0.5, 0.6) is 0 Å². The van der Waals surface area contributed by atoms with E-state index in [1.165, 1.54) is 11.3 Å². The number of nitrogens with zero attached hydrogens (tertiary/aromatic N) is 5. The van der Waals surface area contributed by atoms with Gasteiger partial charge in [0.1, 0.15) is 17.9 Å². The number of aryl methyl sites for hydroxylation is 3. The standard InChI is InChI=1S/C25H29F2N7O2S/c1-13-7-21(33(2)32-13)30-24-31-28-12-34(24)16-5-6-19-17(8-16)22(20(37-19)9-18(35)14-3-4-14)23(36)29-15-10-25(26,27)11-15/h7,12,14-16H,3-6,8-11H2,1-2H3,(H,29,36)(H,30,31). The number of alkyl halides is 2. The zero-order valence-corrected chi connectivity index (χ0v) is 21.6. The van der Waals surface area contributed by atoms with Crippen molar-refractivity contribution in [3.63, 3.8) is 0 Å². The minimum absolute atomic E-state index is 0.000458. The molecule has 3 aromatic heterocycles. The first kappa shape index (κ1) is 24.2. The van der Waals surface area contributed by atoms with Gasteiger partial charge in [0, 0.05) is 60.1 Å². The average Bonchev–Trinajstić information content (AvgIpc) is 3.35. The minimum atomic E-state index is -2.72. The average molecular weight is 530 g/mol. The maximum Gasteiger partial charge on any atom is 0.252 e. The summed E-state index contributed by atoms with van der Waals surface area (Å²) in [4.78, 5) is 27.9. The minimum Gasteiger partial charge on any atom is -0.349 e. The number of rotatable bonds is 8. The maximum absolute atomic E-state index is 13.4. The van der Waals surface area contributed by atoms with Crippen LogP contribution in [0.3, 0.4) is 0 Å². The number of nitrogens with one attached hydrogen (secondary N) is 2. The number of fused-ring (bicyclic) bond motifs is 1. The molecule has 1 amide bonds. The summed E-state index contributed by atoms with van der Waals surface area (Å²) in [6.45, 7) is 1.91. The number of hydrogen-bond acceptors (Lipinski definition) is 7. The third-order valence-electron chi connectivity index (χ3n) is 7.54. The van der Waals surface area contributed by atoms with E-state index in [-0.39, 0.29) is 42.9 Å². The van der Waals surface area contributed by atoms with E-state index in [1.54, 1.807) is 11.0 Å². The lowest BCUT2D eigenvalue weighted by molar-refractivity contribution is -0.119. The Bertz CT molecular complexity index is 1370. The summed E-state index contributed by atoms with van der Waals surface area (Å²) in [5, 5.41) is 18.8. The van der Waals surface area contributed by atoms with Crippen molar-refractivity contribution in [3.05, 3.63) is 39.0 Å². The highest BCUT2D eigenvalue weighted by molar-refractivity contribution is 7.12. The fourth-order valence-electron chi connectivity index (χ4n) is 5.42. The molecule has 0 aliphatic heterocycles. The van der Waals surface area contributed by atoms with E-state index >= 15 is 0 Å². The predicted molar refractivity (Wildman–Crippen MR) is 134 cm³/mol. The Morgan fingerprint density at radius 2 is 2.03 bits per heavy atom. The van der Waals surface area contributed by atoms with E-state index in [1.807, 2.05) is 24.6 Å². The quantitative estimate of drug-likeness (QED) is 0.458. The second-order valence-electron chi connectivity index (χ2n) is 10.5. The Balaban J connectivity index is 1.27. The maximum atomic E-state index is 13.4. The van der Waals surface area contributed by atoms with Gasteiger partial charge in [-0.15, -0.1) is 21.5 Å². The molecule has 0 aromatic carbocycles. The molecule has 2 saturated carbocycles. The third-order valence-corrected chi connectivity index (χ3v) is 8.83. The number of aromatic nitrogens is 5. The summed E-state index contributed by atoms with van der Waals surface area (Å²) in [6, 6.07) is 1.38. The van der Waals surface area contributed by atoms with Gasteiger partial charge >= 0.3 is 0 Å². The van der Waals surface area contributed by atoms with Crippen molar-refractivity contribution in [3.8, 4) is 0 Å². The molecular weight excluding hydrogens is 500 g/mol. The molecule has 9 nitrogen and oxygen atoms in total. The third kappa shape index (κ3) is 4.78. The predicted octanol–water partition coefficient (Wildman–Crippen LogP) is 3.90. The second-order valence-corrected chi connectivity index (χ2v) is 11.7. The Kier molecular flexibility index (Phi) is 5.89. The first-order valence-electron chi connectivity index (χ1n) is 12.7. The first-order valence-corrected chi connectivity index (χ1v) is 13.5. The van der Waals surface area contributed by atoms with Crippen LogP contribution < -0.4 is 10.6 Å². The molecule has 12 heteroatoms. The van der Waals surface area contributed by atoms with E-state index in [0.717, 1.165) is 52.5 Å². The number of thiophene rings is 1. The van der Waals surface area contributed by atoms with Gasteiger partial charge in [0.05, 0.1) is 11.3 Å². The van der Waals surface area contributed by atoms with Gasteiger partial charge in [-0.05, 0) is 44.6 Å². The van der Waals surface area contributed by atoms with Crippen LogP contribution in [0.1, 0.15) is 69.5 Å². The van der Waals surface area contributed by atoms with Crippen LogP contribution in [0.15, 0.2) is 12.4 Å². The smallest absolute Gasteiger partial charge is 0.252 e. The lowest BCUT2D eigenvalue weighted by atomic mass is 9.87. The Labute approximate surface area is 216 Å². The molecule has 0 bridgehead atoms. The number of anilines is 2. The van der Waals surface area contributed by atoms with E-state index in [4.69, 9.17) is 0 Å². The van der Waals surface area contributed by atoms with Gasteiger partial charge in [0.15, 0.2) is 0 Å². The van der Waals surface area contributed by atoms with Crippen molar-refractivity contribution in [1.82, 2.24) is 29.9 Å². The summed E-state index contributed by atoms with van der Waals surface area (Å²) in [7, 11) is 1.85. The molecule has 2 fully saturated rings. The summed E-state index contributed by atoms with van der Waals surface area (Å²) >= 11 is 1.53. The van der Waals surface area contributed by atoms with Crippen LogP contribution >= 0.6 is 11.3 Å². The summed E-state index contributed by atoms with van der Waals surface area (Å²) in [5.41, 5.74) is 2.31. The molecule has 2 N–H and O–H groups in total. The Morgan fingerprint density at radius 3 is 2.70 bits per heavy atom. The van der Waals surface area contributed by atoms with Crippen molar-refractivity contribution >= 4 is 34.8 Å². The summed E-state index contributed by atoms with van der Waals surface area (Å²) in [6.07, 6.45) is 5.21. The summed E-state index contributed by atoms with van der Waals surface area (Å²) < 4.78 is 30.5. The van der Waals surface area contributed by atoms with Crippen molar-refractivity contribution in [1.29, 1.82) is 0 Å². The van der Waals surface area contributed by atoms with Gasteiger partial charge in [-0.3, -0.25) is 18.8 Å². The lowest BCUT2D eigenvalue weighted by Gasteiger charge is -2.35. The zero-order chi connectivity index (χ0) is 25.9. The van der Waals surface area contributed by atoms with Crippen LogP contribution in [0.25, 0.3) is 0 Å². The van der Waals surface area contributed by atoms with Gasteiger partial charge in [0.2, 0.25) is 5.95 Å². The van der Waals surface area contributed by atoms with Gasteiger partial charge < -0.3 is 10.6 Å². The fraction of sp³-hybridized carbons (Fsp3) is 0.560. The van der Waals surface area contributed by atoms with Crippen LogP contribution in [-0.4, -0.2) is 48.2 Å². The Hall–Kier alpha value is -3.15. The van der Waals surface area contributed by atoms with Crippen molar-refractivity contribution < 1.29 is 18.4 Å². The number of amides is 1. The van der Waals surface area contributed by atoms with Crippen molar-refractivity contribution in [2.24, 2.45) is 13.0 Å². The number of ketones is 1. The zero-order valence-electron chi connectivity index (χ0n) is 20.8. The van der Waals surface area contributed by atoms with E-state index in [0.29, 0.717) is 17.9 Å². The number of carbonyl (C=O) groups is 2. The molecule has 0 spiro atoms. The van der Waals surface area contributed by atoms with Crippen LogP contribution in [0, 0.1) is 12.8 Å². The highest BCUT2D eigenvalue weighted by Crippen LogP contribution is 2.42. The molecule has 196 valence electrons. The van der Waals surface area contributed by atoms with Crippen LogP contribution in [0.2, 0.25) is 0 Å². The monoisotopic (exact) mass is 529 g/mol. The molecule has 37 heavy (non-hydrogen) atoms. The normalized spacial score (nSPS) is 20.8. The highest BCUT2D eigenvalue weighted by Gasteiger charge is 2.46. The van der Waals surface area contributed by atoms with Gasteiger partial charge in [0.25, 0.3) is 11.8 Å². The molecule has 0 saturated heterocycles. The van der Waals surface area contributed by atoms with E-state index in [9.17, 15) is 18.4 Å². The first-order chi connectivity index (χ1) is 17.7. The van der Waals surface area contributed by atoms with Gasteiger partial charge in [-0.1, -0.05) is 0 Å². The number of Topliss-reactive ketones (excluding diaryl/α,β-unsaturated/α-hetero) is 1. The highest BCUT2D eigenvalue weighted by atomic mass is 32.1. The number of halogens is 2. The number of hydrogen-bond donors (Lipinski definition) is 2. The molecule has 1 unspecified atom stereocenters. The SMILES string of the molecule is Cc1cc(Nc2nncn2C2CCc3sc(CC(=O)C4CC4)c(C(=O)NC4CC(F)(F)C4)c3C2)n(C)n1. The molecule has 0 radical (unpaired) electrons.